The van der Waals surface area contributed by atoms with Crippen LogP contribution in [-0.2, 0) is 4.84 Å². The van der Waals surface area contributed by atoms with Gasteiger partial charge in [0.15, 0.2) is 0 Å². The fourth-order valence-corrected chi connectivity index (χ4v) is 1.02. The van der Waals surface area contributed by atoms with Crippen molar-refractivity contribution in [1.82, 2.24) is 0 Å². The van der Waals surface area contributed by atoms with Crippen molar-refractivity contribution >= 4 is 0 Å². The van der Waals surface area contributed by atoms with Gasteiger partial charge in [-0.15, -0.1) is 10.1 Å². The number of rotatable bonds is 5. The van der Waals surface area contributed by atoms with Crippen LogP contribution in [0.25, 0.3) is 0 Å². The van der Waals surface area contributed by atoms with Gasteiger partial charge in [0.25, 0.3) is 5.09 Å². The molecule has 5 heteroatoms. The minimum atomic E-state index is -0.839. The van der Waals surface area contributed by atoms with Crippen LogP contribution in [0.15, 0.2) is 30.3 Å². The van der Waals surface area contributed by atoms with Gasteiger partial charge >= 0.3 is 0 Å². The number of hydrogen-bond donors (Lipinski definition) is 1. The van der Waals surface area contributed by atoms with E-state index in [0.717, 1.165) is 5.56 Å². The fraction of sp³-hybridized carbons (Fsp3) is 0.222. The summed E-state index contributed by atoms with van der Waals surface area (Å²) in [6, 6.07) is 8.97. The van der Waals surface area contributed by atoms with E-state index < -0.39 is 5.09 Å². The van der Waals surface area contributed by atoms with Gasteiger partial charge in [-0.1, -0.05) is 30.3 Å². The minimum absolute atomic E-state index is 0.0942. The summed E-state index contributed by atoms with van der Waals surface area (Å²) in [4.78, 5) is 14.0. The molecule has 0 aliphatic heterocycles. The molecule has 1 aromatic rings. The highest BCUT2D eigenvalue weighted by Gasteiger charge is 2.06. The average Bonchev–Trinajstić information content (AvgIpc) is 2.18. The quantitative estimate of drug-likeness (QED) is 0.563. The Morgan fingerprint density at radius 2 is 2.14 bits per heavy atom. The molecule has 0 aliphatic rings. The third kappa shape index (κ3) is 3.40. The molecule has 1 radical (unpaired) electrons. The number of benzene rings is 1. The molecule has 0 amide bonds. The first-order valence-electron chi connectivity index (χ1n) is 4.11. The van der Waals surface area contributed by atoms with Crippen molar-refractivity contribution in [2.45, 2.75) is 6.04 Å². The zero-order valence-electron chi connectivity index (χ0n) is 7.50. The Bertz CT molecular complexity index is 289. The van der Waals surface area contributed by atoms with Gasteiger partial charge in [0.2, 0.25) is 0 Å². The predicted molar refractivity (Wildman–Crippen MR) is 50.6 cm³/mol. The van der Waals surface area contributed by atoms with Crippen molar-refractivity contribution in [3.05, 3.63) is 52.4 Å². The third-order valence-corrected chi connectivity index (χ3v) is 1.71. The van der Waals surface area contributed by atoms with E-state index in [0.29, 0.717) is 0 Å². The maximum Gasteiger partial charge on any atom is 0.294 e. The van der Waals surface area contributed by atoms with Crippen LogP contribution < -0.4 is 5.73 Å². The third-order valence-electron chi connectivity index (χ3n) is 1.71. The summed E-state index contributed by atoms with van der Waals surface area (Å²) in [5.41, 5.74) is 6.63. The molecule has 1 aromatic carbocycles. The summed E-state index contributed by atoms with van der Waals surface area (Å²) in [6.07, 6.45) is 1.54. The first kappa shape index (κ1) is 10.5. The summed E-state index contributed by atoms with van der Waals surface area (Å²) in [5.74, 6) is 0. The molecule has 0 saturated carbocycles. The Balaban J connectivity index is 2.36. The van der Waals surface area contributed by atoms with Crippen molar-refractivity contribution in [3.63, 3.8) is 0 Å². The normalized spacial score (nSPS) is 12.1. The van der Waals surface area contributed by atoms with Crippen LogP contribution in [0.2, 0.25) is 0 Å². The summed E-state index contributed by atoms with van der Waals surface area (Å²) < 4.78 is 0. The lowest BCUT2D eigenvalue weighted by Gasteiger charge is -2.09. The van der Waals surface area contributed by atoms with Crippen molar-refractivity contribution in [2.75, 3.05) is 6.61 Å². The summed E-state index contributed by atoms with van der Waals surface area (Å²) in [6.45, 7) is -0.0942. The van der Waals surface area contributed by atoms with E-state index >= 15 is 0 Å². The smallest absolute Gasteiger partial charge is 0.294 e. The standard InChI is InChI=1S/C9H11N2O3/c10-9(6-7-14-11(12)13)8-4-2-1-3-5-8/h1-6,9H,7,10H2. The maximum absolute atomic E-state index is 9.84. The lowest BCUT2D eigenvalue weighted by Crippen LogP contribution is -2.15. The molecular formula is C9H11N2O3. The number of nitrogens with zero attached hydrogens (tertiary/aromatic N) is 1. The second kappa shape index (κ2) is 5.18. The van der Waals surface area contributed by atoms with Gasteiger partial charge in [0.05, 0.1) is 0 Å². The monoisotopic (exact) mass is 195 g/mol. The van der Waals surface area contributed by atoms with E-state index in [1.54, 1.807) is 0 Å². The zero-order chi connectivity index (χ0) is 10.4. The lowest BCUT2D eigenvalue weighted by atomic mass is 10.1. The SMILES string of the molecule is NC([CH]CO[N+](=O)[O-])c1ccccc1. The molecule has 0 fully saturated rings. The van der Waals surface area contributed by atoms with Gasteiger partial charge < -0.3 is 10.6 Å². The van der Waals surface area contributed by atoms with E-state index in [-0.39, 0.29) is 12.6 Å². The Hall–Kier alpha value is -1.62. The molecule has 14 heavy (non-hydrogen) atoms. The molecule has 0 heterocycles. The molecule has 1 atom stereocenters. The molecule has 2 N–H and O–H groups in total. The minimum Gasteiger partial charge on any atom is -0.324 e. The lowest BCUT2D eigenvalue weighted by molar-refractivity contribution is -0.756. The average molecular weight is 195 g/mol. The zero-order valence-corrected chi connectivity index (χ0v) is 7.50. The molecule has 0 aromatic heterocycles. The fourth-order valence-electron chi connectivity index (χ4n) is 1.02. The van der Waals surface area contributed by atoms with Crippen molar-refractivity contribution in [3.8, 4) is 0 Å². The molecule has 5 nitrogen and oxygen atoms in total. The van der Waals surface area contributed by atoms with Crippen LogP contribution in [-0.4, -0.2) is 11.7 Å². The van der Waals surface area contributed by atoms with Crippen LogP contribution in [0.4, 0.5) is 0 Å². The molecule has 75 valence electrons. The van der Waals surface area contributed by atoms with E-state index in [2.05, 4.69) is 4.84 Å². The topological polar surface area (TPSA) is 78.4 Å². The van der Waals surface area contributed by atoms with E-state index in [9.17, 15) is 10.1 Å². The molecule has 0 bridgehead atoms. The molecule has 1 unspecified atom stereocenters. The molecular weight excluding hydrogens is 184 g/mol. The first-order chi connectivity index (χ1) is 6.70. The van der Waals surface area contributed by atoms with Gasteiger partial charge in [-0.05, 0) is 5.56 Å². The van der Waals surface area contributed by atoms with Crippen LogP contribution >= 0.6 is 0 Å². The summed E-state index contributed by atoms with van der Waals surface area (Å²) in [5, 5.41) is 9.00. The Kier molecular flexibility index (Phi) is 3.87. The molecule has 0 spiro atoms. The van der Waals surface area contributed by atoms with Gasteiger partial charge in [0.1, 0.15) is 6.61 Å². The molecule has 1 rings (SSSR count). The predicted octanol–water partition coefficient (Wildman–Crippen LogP) is 1.10. The molecule has 0 aliphatic carbocycles. The molecule has 0 saturated heterocycles. The highest BCUT2D eigenvalue weighted by atomic mass is 16.9. The summed E-state index contributed by atoms with van der Waals surface area (Å²) in [7, 11) is 0. The van der Waals surface area contributed by atoms with Crippen LogP contribution in [0.5, 0.6) is 0 Å². The Morgan fingerprint density at radius 1 is 1.50 bits per heavy atom. The highest BCUT2D eigenvalue weighted by molar-refractivity contribution is 5.20. The van der Waals surface area contributed by atoms with Gasteiger partial charge in [0, 0.05) is 12.5 Å². The maximum atomic E-state index is 9.84. The van der Waals surface area contributed by atoms with Gasteiger partial charge in [-0.2, -0.15) is 0 Å². The van der Waals surface area contributed by atoms with E-state index in [4.69, 9.17) is 5.73 Å². The van der Waals surface area contributed by atoms with Gasteiger partial charge in [-0.3, -0.25) is 0 Å². The Labute approximate surface area is 81.6 Å². The van der Waals surface area contributed by atoms with Crippen LogP contribution in [0.3, 0.4) is 0 Å². The second-order valence-electron chi connectivity index (χ2n) is 2.69. The largest absolute Gasteiger partial charge is 0.324 e. The van der Waals surface area contributed by atoms with Crippen molar-refractivity contribution in [2.24, 2.45) is 5.73 Å². The van der Waals surface area contributed by atoms with E-state index in [1.165, 1.54) is 6.42 Å². The highest BCUT2D eigenvalue weighted by Crippen LogP contribution is 2.11. The van der Waals surface area contributed by atoms with E-state index in [1.807, 2.05) is 30.3 Å². The van der Waals surface area contributed by atoms with Crippen LogP contribution in [0, 0.1) is 16.5 Å². The Morgan fingerprint density at radius 3 is 2.71 bits per heavy atom. The van der Waals surface area contributed by atoms with Crippen molar-refractivity contribution < 1.29 is 9.92 Å². The van der Waals surface area contributed by atoms with Gasteiger partial charge in [-0.25, -0.2) is 0 Å². The van der Waals surface area contributed by atoms with Crippen LogP contribution in [0.1, 0.15) is 11.6 Å². The first-order valence-corrected chi connectivity index (χ1v) is 4.11. The second-order valence-corrected chi connectivity index (χ2v) is 2.69. The summed E-state index contributed by atoms with van der Waals surface area (Å²) >= 11 is 0. The number of nitrogens with two attached hydrogens (primary N) is 1. The van der Waals surface area contributed by atoms with Crippen molar-refractivity contribution in [1.29, 1.82) is 0 Å². The number of hydrogen-bond acceptors (Lipinski definition) is 4.